The van der Waals surface area contributed by atoms with Gasteiger partial charge in [0.2, 0.25) is 5.91 Å². The molecule has 1 aliphatic heterocycles. The summed E-state index contributed by atoms with van der Waals surface area (Å²) in [7, 11) is 1.65. The van der Waals surface area contributed by atoms with Crippen molar-refractivity contribution >= 4 is 5.91 Å². The molecular formula is C15H22N2O2. The van der Waals surface area contributed by atoms with Crippen molar-refractivity contribution in [3.63, 3.8) is 0 Å². The van der Waals surface area contributed by atoms with Gasteiger partial charge in [-0.3, -0.25) is 4.79 Å². The van der Waals surface area contributed by atoms with E-state index in [1.807, 2.05) is 31.2 Å². The smallest absolute Gasteiger partial charge is 0.220 e. The largest absolute Gasteiger partial charge is 0.497 e. The highest BCUT2D eigenvalue weighted by Crippen LogP contribution is 2.18. The molecule has 104 valence electrons. The second-order valence-electron chi connectivity index (χ2n) is 5.13. The van der Waals surface area contributed by atoms with Gasteiger partial charge in [-0.15, -0.1) is 0 Å². The minimum atomic E-state index is 0.0350. The zero-order chi connectivity index (χ0) is 13.7. The Kier molecular flexibility index (Phi) is 4.80. The molecule has 1 aromatic carbocycles. The summed E-state index contributed by atoms with van der Waals surface area (Å²) in [5.41, 5.74) is 1.10. The Balaban J connectivity index is 1.84. The quantitative estimate of drug-likeness (QED) is 0.851. The number of carbonyl (C=O) groups excluding carboxylic acids is 1. The third-order valence-electron chi connectivity index (χ3n) is 3.63. The number of nitrogens with one attached hydrogen (secondary N) is 2. The van der Waals surface area contributed by atoms with Crippen LogP contribution in [0.3, 0.4) is 0 Å². The third kappa shape index (κ3) is 3.96. The van der Waals surface area contributed by atoms with Crippen LogP contribution in [-0.4, -0.2) is 26.1 Å². The number of benzene rings is 1. The van der Waals surface area contributed by atoms with Crippen LogP contribution in [0.1, 0.15) is 31.4 Å². The van der Waals surface area contributed by atoms with E-state index in [1.54, 1.807) is 7.11 Å². The van der Waals surface area contributed by atoms with Gasteiger partial charge in [-0.1, -0.05) is 12.1 Å². The summed E-state index contributed by atoms with van der Waals surface area (Å²) in [6, 6.07) is 7.84. The van der Waals surface area contributed by atoms with Crippen molar-refractivity contribution in [1.29, 1.82) is 0 Å². The van der Waals surface area contributed by atoms with Gasteiger partial charge in [-0.05, 0) is 50.0 Å². The molecule has 0 radical (unpaired) electrons. The number of hydrogen-bond acceptors (Lipinski definition) is 3. The topological polar surface area (TPSA) is 50.4 Å². The maximum atomic E-state index is 11.9. The van der Waals surface area contributed by atoms with E-state index in [1.165, 1.54) is 0 Å². The molecule has 1 aliphatic rings. The molecule has 0 bridgehead atoms. The second kappa shape index (κ2) is 6.57. The summed E-state index contributed by atoms with van der Waals surface area (Å²) >= 11 is 0. The third-order valence-corrected chi connectivity index (χ3v) is 3.63. The van der Waals surface area contributed by atoms with Crippen molar-refractivity contribution < 1.29 is 9.53 Å². The van der Waals surface area contributed by atoms with Crippen molar-refractivity contribution in [2.45, 2.75) is 25.8 Å². The Morgan fingerprint density at radius 3 is 2.79 bits per heavy atom. The highest BCUT2D eigenvalue weighted by atomic mass is 16.5. The molecule has 0 aromatic heterocycles. The van der Waals surface area contributed by atoms with Crippen LogP contribution in [0.25, 0.3) is 0 Å². The van der Waals surface area contributed by atoms with Crippen LogP contribution in [0.2, 0.25) is 0 Å². The first-order chi connectivity index (χ1) is 9.19. The molecule has 2 N–H and O–H groups in total. The molecule has 4 heteroatoms. The van der Waals surface area contributed by atoms with Gasteiger partial charge < -0.3 is 15.4 Å². The standard InChI is InChI=1S/C15H22N2O2/c1-11(13-3-5-14(19-2)6-4-13)17-15(18)9-12-7-8-16-10-12/h3-6,11-12,16H,7-10H2,1-2H3,(H,17,18)/t11-,12?/m1/s1. The van der Waals surface area contributed by atoms with Crippen LogP contribution in [-0.2, 0) is 4.79 Å². The van der Waals surface area contributed by atoms with Gasteiger partial charge in [-0.25, -0.2) is 0 Å². The van der Waals surface area contributed by atoms with E-state index < -0.39 is 0 Å². The first kappa shape index (κ1) is 13.9. The Bertz CT molecular complexity index is 411. The summed E-state index contributed by atoms with van der Waals surface area (Å²) in [4.78, 5) is 11.9. The summed E-state index contributed by atoms with van der Waals surface area (Å²) < 4.78 is 5.12. The molecule has 0 spiro atoms. The number of ether oxygens (including phenoxy) is 1. The Morgan fingerprint density at radius 2 is 2.21 bits per heavy atom. The summed E-state index contributed by atoms with van der Waals surface area (Å²) in [6.45, 7) is 4.00. The van der Waals surface area contributed by atoms with E-state index >= 15 is 0 Å². The van der Waals surface area contributed by atoms with Gasteiger partial charge in [-0.2, -0.15) is 0 Å². The molecule has 2 atom stereocenters. The van der Waals surface area contributed by atoms with Crippen LogP contribution in [0.15, 0.2) is 24.3 Å². The summed E-state index contributed by atoms with van der Waals surface area (Å²) in [5, 5.41) is 6.33. The Labute approximate surface area is 114 Å². The molecule has 1 heterocycles. The van der Waals surface area contributed by atoms with Crippen molar-refractivity contribution in [2.24, 2.45) is 5.92 Å². The lowest BCUT2D eigenvalue weighted by Crippen LogP contribution is -2.28. The van der Waals surface area contributed by atoms with Crippen molar-refractivity contribution in [2.75, 3.05) is 20.2 Å². The molecule has 1 unspecified atom stereocenters. The molecule has 4 nitrogen and oxygen atoms in total. The lowest BCUT2D eigenvalue weighted by atomic mass is 10.0. The van der Waals surface area contributed by atoms with Gasteiger partial charge >= 0.3 is 0 Å². The van der Waals surface area contributed by atoms with Crippen molar-refractivity contribution in [3.05, 3.63) is 29.8 Å². The number of rotatable bonds is 5. The molecule has 1 amide bonds. The maximum absolute atomic E-state index is 11.9. The predicted octanol–water partition coefficient (Wildman–Crippen LogP) is 1.87. The first-order valence-corrected chi connectivity index (χ1v) is 6.83. The van der Waals surface area contributed by atoms with Crippen LogP contribution < -0.4 is 15.4 Å². The fourth-order valence-corrected chi connectivity index (χ4v) is 2.43. The fourth-order valence-electron chi connectivity index (χ4n) is 2.43. The molecule has 1 saturated heterocycles. The first-order valence-electron chi connectivity index (χ1n) is 6.83. The highest BCUT2D eigenvalue weighted by molar-refractivity contribution is 5.76. The monoisotopic (exact) mass is 262 g/mol. The minimum Gasteiger partial charge on any atom is -0.497 e. The number of methoxy groups -OCH3 is 1. The fraction of sp³-hybridized carbons (Fsp3) is 0.533. The molecule has 0 aliphatic carbocycles. The van der Waals surface area contributed by atoms with Crippen LogP contribution in [0.4, 0.5) is 0 Å². The highest BCUT2D eigenvalue weighted by Gasteiger charge is 2.19. The van der Waals surface area contributed by atoms with E-state index in [0.717, 1.165) is 30.8 Å². The minimum absolute atomic E-state index is 0.0350. The van der Waals surface area contributed by atoms with Gasteiger partial charge in [0, 0.05) is 6.42 Å². The van der Waals surface area contributed by atoms with E-state index in [2.05, 4.69) is 10.6 Å². The van der Waals surface area contributed by atoms with Crippen molar-refractivity contribution in [3.8, 4) is 5.75 Å². The molecule has 0 saturated carbocycles. The zero-order valence-electron chi connectivity index (χ0n) is 11.6. The van der Waals surface area contributed by atoms with E-state index in [4.69, 9.17) is 4.74 Å². The number of amides is 1. The molecule has 1 aromatic rings. The van der Waals surface area contributed by atoms with Crippen LogP contribution in [0, 0.1) is 5.92 Å². The van der Waals surface area contributed by atoms with Gasteiger partial charge in [0.1, 0.15) is 5.75 Å². The van der Waals surface area contributed by atoms with Gasteiger partial charge in [0.05, 0.1) is 13.2 Å². The molecule has 2 rings (SSSR count). The lowest BCUT2D eigenvalue weighted by Gasteiger charge is -2.16. The van der Waals surface area contributed by atoms with Gasteiger partial charge in [0.25, 0.3) is 0 Å². The molecule has 1 fully saturated rings. The SMILES string of the molecule is COc1ccc([C@@H](C)NC(=O)CC2CCNC2)cc1. The Hall–Kier alpha value is -1.55. The summed E-state index contributed by atoms with van der Waals surface area (Å²) in [5.74, 6) is 1.46. The number of hydrogen-bond donors (Lipinski definition) is 2. The normalized spacial score (nSPS) is 20.0. The zero-order valence-corrected chi connectivity index (χ0v) is 11.6. The van der Waals surface area contributed by atoms with Gasteiger partial charge in [0.15, 0.2) is 0 Å². The average molecular weight is 262 g/mol. The average Bonchev–Trinajstić information content (AvgIpc) is 2.91. The molecular weight excluding hydrogens is 240 g/mol. The molecule has 19 heavy (non-hydrogen) atoms. The van der Waals surface area contributed by atoms with E-state index in [9.17, 15) is 4.79 Å². The van der Waals surface area contributed by atoms with E-state index in [0.29, 0.717) is 12.3 Å². The Morgan fingerprint density at radius 1 is 1.47 bits per heavy atom. The van der Waals surface area contributed by atoms with E-state index in [-0.39, 0.29) is 11.9 Å². The predicted molar refractivity (Wildman–Crippen MR) is 75.1 cm³/mol. The maximum Gasteiger partial charge on any atom is 0.220 e. The summed E-state index contributed by atoms with van der Waals surface area (Å²) in [6.07, 6.45) is 1.72. The van der Waals surface area contributed by atoms with Crippen LogP contribution in [0.5, 0.6) is 5.75 Å². The van der Waals surface area contributed by atoms with Crippen LogP contribution >= 0.6 is 0 Å². The number of carbonyl (C=O) groups is 1. The van der Waals surface area contributed by atoms with Crippen molar-refractivity contribution in [1.82, 2.24) is 10.6 Å². The second-order valence-corrected chi connectivity index (χ2v) is 5.13. The lowest BCUT2D eigenvalue weighted by molar-refractivity contribution is -0.122.